The van der Waals surface area contributed by atoms with E-state index >= 15 is 0 Å². The van der Waals surface area contributed by atoms with Crippen molar-refractivity contribution in [2.24, 2.45) is 5.73 Å². The molecule has 9 heteroatoms. The summed E-state index contributed by atoms with van der Waals surface area (Å²) in [6, 6.07) is 5.25. The van der Waals surface area contributed by atoms with Crippen molar-refractivity contribution in [3.63, 3.8) is 0 Å². The van der Waals surface area contributed by atoms with Crippen molar-refractivity contribution >= 4 is 39.9 Å². The Bertz CT molecular complexity index is 619. The molecule has 0 aliphatic carbocycles. The van der Waals surface area contributed by atoms with E-state index in [1.54, 1.807) is 29.6 Å². The van der Waals surface area contributed by atoms with Crippen molar-refractivity contribution in [2.75, 3.05) is 5.32 Å². The van der Waals surface area contributed by atoms with Crippen LogP contribution >= 0.6 is 23.1 Å². The number of carbonyl (C=O) groups is 1. The number of aliphatic carboxylic acids is 1. The zero-order chi connectivity index (χ0) is 15.4. The molecule has 1 aromatic heterocycles. The average Bonchev–Trinajstić information content (AvgIpc) is 2.88. The molecule has 1 heterocycles. The largest absolute Gasteiger partial charge is 0.480 e. The van der Waals surface area contributed by atoms with Crippen LogP contribution in [0, 0.1) is 0 Å². The highest BCUT2D eigenvalue weighted by Gasteiger charge is 2.17. The predicted molar refractivity (Wildman–Crippen MR) is 78.3 cm³/mol. The van der Waals surface area contributed by atoms with Crippen LogP contribution in [-0.2, 0) is 4.79 Å². The lowest BCUT2D eigenvalue weighted by molar-refractivity contribution is -0.138. The molecule has 1 atom stereocenters. The molecule has 0 saturated carbocycles. The van der Waals surface area contributed by atoms with Gasteiger partial charge >= 0.3 is 5.97 Å². The number of nitrogens with one attached hydrogen (secondary N) is 1. The van der Waals surface area contributed by atoms with Crippen LogP contribution in [-0.4, -0.2) is 21.8 Å². The van der Waals surface area contributed by atoms with Gasteiger partial charge in [-0.2, -0.15) is 8.78 Å². The normalized spacial score (nSPS) is 12.4. The van der Waals surface area contributed by atoms with Crippen molar-refractivity contribution in [1.29, 1.82) is 0 Å². The molecule has 5 nitrogen and oxygen atoms in total. The standard InChI is InChI=1S/C12H11F2N3O2S2/c13-11(14)21-7-3-1-6(2-4-7)16-12-17-8(5-20-12)9(15)10(18)19/h1-5,9,11H,15H2,(H,16,17)(H,18,19). The summed E-state index contributed by atoms with van der Waals surface area (Å²) in [5.74, 6) is -3.61. The molecule has 0 amide bonds. The van der Waals surface area contributed by atoms with Gasteiger partial charge in [-0.3, -0.25) is 4.79 Å². The molecule has 0 radical (unpaired) electrons. The SMILES string of the molecule is NC(C(=O)O)c1csc(Nc2ccc(SC(F)F)cc2)n1. The molecule has 21 heavy (non-hydrogen) atoms. The second-order valence-electron chi connectivity index (χ2n) is 3.92. The van der Waals surface area contributed by atoms with Crippen LogP contribution in [0.3, 0.4) is 0 Å². The van der Waals surface area contributed by atoms with Gasteiger partial charge < -0.3 is 16.2 Å². The topological polar surface area (TPSA) is 88.2 Å². The first-order valence-electron chi connectivity index (χ1n) is 5.71. The molecule has 0 spiro atoms. The van der Waals surface area contributed by atoms with Crippen molar-refractivity contribution in [3.05, 3.63) is 35.3 Å². The summed E-state index contributed by atoms with van der Waals surface area (Å²) in [4.78, 5) is 15.3. The van der Waals surface area contributed by atoms with Crippen LogP contribution in [0.2, 0.25) is 0 Å². The molecule has 0 aliphatic heterocycles. The van der Waals surface area contributed by atoms with Gasteiger partial charge in [0.1, 0.15) is 6.04 Å². The Kier molecular flexibility index (Phi) is 5.10. The lowest BCUT2D eigenvalue weighted by Crippen LogP contribution is -2.20. The van der Waals surface area contributed by atoms with Gasteiger partial charge in [-0.1, -0.05) is 11.8 Å². The first-order valence-corrected chi connectivity index (χ1v) is 7.47. The van der Waals surface area contributed by atoms with E-state index in [1.807, 2.05) is 0 Å². The van der Waals surface area contributed by atoms with Crippen LogP contribution in [0.4, 0.5) is 19.6 Å². The van der Waals surface area contributed by atoms with Gasteiger partial charge in [-0.25, -0.2) is 4.98 Å². The second kappa shape index (κ2) is 6.83. The lowest BCUT2D eigenvalue weighted by atomic mass is 10.2. The fraction of sp³-hybridized carbons (Fsp3) is 0.167. The zero-order valence-corrected chi connectivity index (χ0v) is 12.1. The maximum Gasteiger partial charge on any atom is 0.326 e. The van der Waals surface area contributed by atoms with Gasteiger partial charge in [0.15, 0.2) is 5.13 Å². The number of thioether (sulfide) groups is 1. The Morgan fingerprint density at radius 2 is 2.05 bits per heavy atom. The van der Waals surface area contributed by atoms with E-state index in [0.717, 1.165) is 0 Å². The summed E-state index contributed by atoms with van der Waals surface area (Å²) in [7, 11) is 0. The number of anilines is 2. The Labute approximate surface area is 127 Å². The third kappa shape index (κ3) is 4.38. The number of thiazole rings is 1. The number of aromatic nitrogens is 1. The van der Waals surface area contributed by atoms with Crippen LogP contribution < -0.4 is 11.1 Å². The number of alkyl halides is 2. The maximum atomic E-state index is 12.2. The smallest absolute Gasteiger partial charge is 0.326 e. The molecular formula is C12H11F2N3O2S2. The van der Waals surface area contributed by atoms with E-state index < -0.39 is 17.8 Å². The lowest BCUT2D eigenvalue weighted by Gasteiger charge is -2.05. The van der Waals surface area contributed by atoms with E-state index in [2.05, 4.69) is 10.3 Å². The summed E-state index contributed by atoms with van der Waals surface area (Å²) in [5, 5.41) is 13.8. The minimum Gasteiger partial charge on any atom is -0.480 e. The summed E-state index contributed by atoms with van der Waals surface area (Å²) in [6.45, 7) is 0. The third-order valence-electron chi connectivity index (χ3n) is 2.44. The van der Waals surface area contributed by atoms with Crippen LogP contribution in [0.1, 0.15) is 11.7 Å². The highest BCUT2D eigenvalue weighted by atomic mass is 32.2. The number of hydrogen-bond donors (Lipinski definition) is 3. The van der Waals surface area contributed by atoms with E-state index in [-0.39, 0.29) is 5.69 Å². The number of nitrogens with zero attached hydrogens (tertiary/aromatic N) is 1. The fourth-order valence-electron chi connectivity index (χ4n) is 1.46. The first kappa shape index (κ1) is 15.7. The minimum atomic E-state index is -2.46. The van der Waals surface area contributed by atoms with E-state index in [0.29, 0.717) is 27.5 Å². The summed E-state index contributed by atoms with van der Waals surface area (Å²) in [5.41, 5.74) is 6.38. The van der Waals surface area contributed by atoms with Gasteiger partial charge in [-0.05, 0) is 24.3 Å². The maximum absolute atomic E-state index is 12.2. The number of carboxylic acid groups (broad SMARTS) is 1. The second-order valence-corrected chi connectivity index (χ2v) is 5.84. The van der Waals surface area contributed by atoms with Crippen molar-refractivity contribution in [2.45, 2.75) is 16.7 Å². The van der Waals surface area contributed by atoms with Gasteiger partial charge in [-0.15, -0.1) is 11.3 Å². The van der Waals surface area contributed by atoms with Crippen molar-refractivity contribution in [1.82, 2.24) is 4.98 Å². The highest BCUT2D eigenvalue weighted by molar-refractivity contribution is 7.99. The van der Waals surface area contributed by atoms with Crippen LogP contribution in [0.5, 0.6) is 0 Å². The Hall–Kier alpha value is -1.71. The molecule has 112 valence electrons. The molecule has 2 rings (SSSR count). The summed E-state index contributed by atoms with van der Waals surface area (Å²) in [6.07, 6.45) is 0. The highest BCUT2D eigenvalue weighted by Crippen LogP contribution is 2.28. The average molecular weight is 331 g/mol. The molecule has 2 aromatic rings. The molecule has 0 fully saturated rings. The first-order chi connectivity index (χ1) is 9.95. The van der Waals surface area contributed by atoms with E-state index in [4.69, 9.17) is 10.8 Å². The monoisotopic (exact) mass is 331 g/mol. The number of hydrogen-bond acceptors (Lipinski definition) is 6. The predicted octanol–water partition coefficient (Wildman–Crippen LogP) is 3.29. The zero-order valence-electron chi connectivity index (χ0n) is 10.5. The number of carboxylic acids is 1. The molecule has 0 aliphatic rings. The molecule has 0 saturated heterocycles. The van der Waals surface area contributed by atoms with Crippen molar-refractivity contribution < 1.29 is 18.7 Å². The van der Waals surface area contributed by atoms with Gasteiger partial charge in [0.2, 0.25) is 0 Å². The Morgan fingerprint density at radius 1 is 1.38 bits per heavy atom. The molecular weight excluding hydrogens is 320 g/mol. The van der Waals surface area contributed by atoms with E-state index in [9.17, 15) is 13.6 Å². The quantitative estimate of drug-likeness (QED) is 0.704. The van der Waals surface area contributed by atoms with E-state index in [1.165, 1.54) is 11.3 Å². The molecule has 0 bridgehead atoms. The van der Waals surface area contributed by atoms with Crippen LogP contribution in [0.25, 0.3) is 0 Å². The number of nitrogens with two attached hydrogens (primary N) is 1. The number of rotatable bonds is 6. The third-order valence-corrected chi connectivity index (χ3v) is 3.94. The Balaban J connectivity index is 2.03. The summed E-state index contributed by atoms with van der Waals surface area (Å²) >= 11 is 1.68. The summed E-state index contributed by atoms with van der Waals surface area (Å²) < 4.78 is 24.4. The van der Waals surface area contributed by atoms with Crippen LogP contribution in [0.15, 0.2) is 34.5 Å². The number of halogens is 2. The van der Waals surface area contributed by atoms with Crippen molar-refractivity contribution in [3.8, 4) is 0 Å². The number of benzene rings is 1. The van der Waals surface area contributed by atoms with Gasteiger partial charge in [0, 0.05) is 16.0 Å². The Morgan fingerprint density at radius 3 is 2.62 bits per heavy atom. The fourth-order valence-corrected chi connectivity index (χ4v) is 2.72. The van der Waals surface area contributed by atoms with Gasteiger partial charge in [0.05, 0.1) is 5.69 Å². The van der Waals surface area contributed by atoms with Gasteiger partial charge in [0.25, 0.3) is 5.76 Å². The molecule has 4 N–H and O–H groups in total. The molecule has 1 unspecified atom stereocenters. The minimum absolute atomic E-state index is 0.264. The molecule has 1 aromatic carbocycles.